The van der Waals surface area contributed by atoms with Crippen molar-refractivity contribution in [3.8, 4) is 0 Å². The molecule has 22 heavy (non-hydrogen) atoms. The van der Waals surface area contributed by atoms with E-state index in [0.717, 1.165) is 24.5 Å². The predicted octanol–water partition coefficient (Wildman–Crippen LogP) is 3.73. The molecule has 2 atom stereocenters. The molecular formula is C16H19FIN3S. The van der Waals surface area contributed by atoms with Crippen LogP contribution in [0.15, 0.2) is 46.1 Å². The summed E-state index contributed by atoms with van der Waals surface area (Å²) >= 11 is 1.68. The second kappa shape index (κ2) is 7.92. The van der Waals surface area contributed by atoms with Crippen LogP contribution in [0.4, 0.5) is 4.39 Å². The van der Waals surface area contributed by atoms with Crippen molar-refractivity contribution >= 4 is 41.3 Å². The standard InChI is InChI=1S/C16H18FN3S.HI/c1-18-16(19-9-11-6-7-21-10-11)20-15-8-13(15)12-4-2-3-5-14(12)17;/h2-7,10,13,15H,8-9H2,1H3,(H2,18,19,20);1H. The number of guanidine groups is 1. The first kappa shape index (κ1) is 17.2. The lowest BCUT2D eigenvalue weighted by Crippen LogP contribution is -2.38. The van der Waals surface area contributed by atoms with Crippen LogP contribution in [0, 0.1) is 5.82 Å². The summed E-state index contributed by atoms with van der Waals surface area (Å²) in [6, 6.07) is 9.35. The highest BCUT2D eigenvalue weighted by Gasteiger charge is 2.40. The van der Waals surface area contributed by atoms with Crippen LogP contribution in [-0.2, 0) is 6.54 Å². The zero-order chi connectivity index (χ0) is 14.7. The van der Waals surface area contributed by atoms with Gasteiger partial charge in [-0.15, -0.1) is 24.0 Å². The summed E-state index contributed by atoms with van der Waals surface area (Å²) < 4.78 is 13.7. The molecule has 6 heteroatoms. The second-order valence-electron chi connectivity index (χ2n) is 5.17. The number of aliphatic imine (C=N–C) groups is 1. The maximum Gasteiger partial charge on any atom is 0.191 e. The van der Waals surface area contributed by atoms with Crippen molar-refractivity contribution in [1.82, 2.24) is 10.6 Å². The van der Waals surface area contributed by atoms with Crippen molar-refractivity contribution in [1.29, 1.82) is 0 Å². The molecule has 0 saturated heterocycles. The minimum atomic E-state index is -0.118. The third kappa shape index (κ3) is 4.19. The average Bonchev–Trinajstić information content (AvgIpc) is 3.05. The van der Waals surface area contributed by atoms with Crippen molar-refractivity contribution in [2.45, 2.75) is 24.9 Å². The molecule has 1 fully saturated rings. The van der Waals surface area contributed by atoms with Gasteiger partial charge in [-0.25, -0.2) is 4.39 Å². The van der Waals surface area contributed by atoms with Gasteiger partial charge in [-0.3, -0.25) is 4.99 Å². The van der Waals surface area contributed by atoms with Crippen molar-refractivity contribution in [3.63, 3.8) is 0 Å². The van der Waals surface area contributed by atoms with E-state index >= 15 is 0 Å². The first-order valence-electron chi connectivity index (χ1n) is 7.00. The van der Waals surface area contributed by atoms with E-state index in [-0.39, 0.29) is 41.8 Å². The number of halogens is 2. The highest BCUT2D eigenvalue weighted by Crippen LogP contribution is 2.41. The van der Waals surface area contributed by atoms with E-state index in [9.17, 15) is 4.39 Å². The van der Waals surface area contributed by atoms with E-state index in [1.54, 1.807) is 24.5 Å². The topological polar surface area (TPSA) is 36.4 Å². The zero-order valence-electron chi connectivity index (χ0n) is 12.3. The lowest BCUT2D eigenvalue weighted by atomic mass is 10.1. The van der Waals surface area contributed by atoms with Crippen LogP contribution >= 0.6 is 35.3 Å². The summed E-state index contributed by atoms with van der Waals surface area (Å²) in [5.41, 5.74) is 2.03. The number of benzene rings is 1. The number of hydrogen-bond donors (Lipinski definition) is 2. The summed E-state index contributed by atoms with van der Waals surface area (Å²) in [7, 11) is 1.75. The Morgan fingerprint density at radius 2 is 2.18 bits per heavy atom. The second-order valence-corrected chi connectivity index (χ2v) is 5.95. The van der Waals surface area contributed by atoms with Crippen LogP contribution in [-0.4, -0.2) is 19.0 Å². The van der Waals surface area contributed by atoms with Crippen LogP contribution in [0.1, 0.15) is 23.5 Å². The Morgan fingerprint density at radius 3 is 2.86 bits per heavy atom. The molecule has 1 aromatic carbocycles. The molecule has 0 bridgehead atoms. The fourth-order valence-corrected chi connectivity index (χ4v) is 3.09. The van der Waals surface area contributed by atoms with E-state index in [1.807, 2.05) is 12.1 Å². The van der Waals surface area contributed by atoms with Gasteiger partial charge in [0.15, 0.2) is 5.96 Å². The Labute approximate surface area is 151 Å². The molecule has 1 aliphatic carbocycles. The Kier molecular flexibility index (Phi) is 6.19. The average molecular weight is 431 g/mol. The summed E-state index contributed by atoms with van der Waals surface area (Å²) in [6.45, 7) is 0.750. The Morgan fingerprint density at radius 1 is 1.36 bits per heavy atom. The van der Waals surface area contributed by atoms with Gasteiger partial charge in [0.25, 0.3) is 0 Å². The normalized spacial score (nSPS) is 20.2. The molecule has 0 radical (unpaired) electrons. The third-order valence-corrected chi connectivity index (χ3v) is 4.41. The minimum Gasteiger partial charge on any atom is -0.353 e. The highest BCUT2D eigenvalue weighted by atomic mass is 127. The quantitative estimate of drug-likeness (QED) is 0.440. The van der Waals surface area contributed by atoms with Crippen LogP contribution < -0.4 is 10.6 Å². The zero-order valence-corrected chi connectivity index (χ0v) is 15.4. The molecule has 1 aromatic heterocycles. The van der Waals surface area contributed by atoms with Gasteiger partial charge in [-0.1, -0.05) is 18.2 Å². The van der Waals surface area contributed by atoms with E-state index < -0.39 is 0 Å². The highest BCUT2D eigenvalue weighted by molar-refractivity contribution is 14.0. The maximum absolute atomic E-state index is 13.7. The Bertz CT molecular complexity index is 630. The molecular weight excluding hydrogens is 412 g/mol. The monoisotopic (exact) mass is 431 g/mol. The van der Waals surface area contributed by atoms with Gasteiger partial charge < -0.3 is 10.6 Å². The number of rotatable bonds is 4. The molecule has 2 unspecified atom stereocenters. The van der Waals surface area contributed by atoms with Gasteiger partial charge in [0.1, 0.15) is 5.82 Å². The van der Waals surface area contributed by atoms with Crippen molar-refractivity contribution in [2.75, 3.05) is 7.05 Å². The van der Waals surface area contributed by atoms with E-state index in [0.29, 0.717) is 0 Å². The molecule has 2 N–H and O–H groups in total. The number of thiophene rings is 1. The molecule has 0 aliphatic heterocycles. The smallest absolute Gasteiger partial charge is 0.191 e. The van der Waals surface area contributed by atoms with Crippen LogP contribution in [0.2, 0.25) is 0 Å². The largest absolute Gasteiger partial charge is 0.353 e. The van der Waals surface area contributed by atoms with Crippen molar-refractivity contribution in [3.05, 3.63) is 58.0 Å². The molecule has 0 amide bonds. The predicted molar refractivity (Wildman–Crippen MR) is 101 cm³/mol. The fourth-order valence-electron chi connectivity index (χ4n) is 2.42. The molecule has 1 heterocycles. The number of hydrogen-bond acceptors (Lipinski definition) is 2. The lowest BCUT2D eigenvalue weighted by Gasteiger charge is -2.11. The van der Waals surface area contributed by atoms with E-state index in [1.165, 1.54) is 11.6 Å². The Balaban J connectivity index is 0.00000176. The van der Waals surface area contributed by atoms with Gasteiger partial charge in [-0.05, 0) is 40.4 Å². The van der Waals surface area contributed by atoms with E-state index in [2.05, 4.69) is 32.5 Å². The van der Waals surface area contributed by atoms with Crippen LogP contribution in [0.3, 0.4) is 0 Å². The molecule has 118 valence electrons. The molecule has 3 nitrogen and oxygen atoms in total. The number of nitrogens with one attached hydrogen (secondary N) is 2. The van der Waals surface area contributed by atoms with Crippen molar-refractivity contribution < 1.29 is 4.39 Å². The van der Waals surface area contributed by atoms with E-state index in [4.69, 9.17) is 0 Å². The third-order valence-electron chi connectivity index (χ3n) is 3.68. The molecule has 1 aliphatic rings. The Hall–Kier alpha value is -1.15. The number of nitrogens with zero attached hydrogens (tertiary/aromatic N) is 1. The van der Waals surface area contributed by atoms with Gasteiger partial charge in [0.05, 0.1) is 0 Å². The van der Waals surface area contributed by atoms with Gasteiger partial charge in [0.2, 0.25) is 0 Å². The maximum atomic E-state index is 13.7. The van der Waals surface area contributed by atoms with Crippen molar-refractivity contribution in [2.24, 2.45) is 4.99 Å². The summed E-state index contributed by atoms with van der Waals surface area (Å²) in [5, 5.41) is 10.8. The summed E-state index contributed by atoms with van der Waals surface area (Å²) in [4.78, 5) is 4.22. The van der Waals surface area contributed by atoms with Gasteiger partial charge >= 0.3 is 0 Å². The molecule has 1 saturated carbocycles. The van der Waals surface area contributed by atoms with Crippen LogP contribution in [0.5, 0.6) is 0 Å². The van der Waals surface area contributed by atoms with Crippen LogP contribution in [0.25, 0.3) is 0 Å². The molecule has 0 spiro atoms. The first-order valence-corrected chi connectivity index (χ1v) is 7.95. The van der Waals surface area contributed by atoms with Gasteiger partial charge in [-0.2, -0.15) is 11.3 Å². The van der Waals surface area contributed by atoms with Gasteiger partial charge in [0, 0.05) is 25.6 Å². The molecule has 3 rings (SSSR count). The molecule has 2 aromatic rings. The lowest BCUT2D eigenvalue weighted by molar-refractivity contribution is 0.607. The summed E-state index contributed by atoms with van der Waals surface area (Å²) in [5.74, 6) is 0.893. The minimum absolute atomic E-state index is 0. The SMILES string of the molecule is CN=C(NCc1ccsc1)NC1CC1c1ccccc1F.I. The fraction of sp³-hybridized carbons (Fsp3) is 0.312. The summed E-state index contributed by atoms with van der Waals surface area (Å²) in [6.07, 6.45) is 0.945. The first-order chi connectivity index (χ1) is 10.3.